The van der Waals surface area contributed by atoms with Gasteiger partial charge in [-0.3, -0.25) is 9.20 Å². The number of imidazole rings is 1. The van der Waals surface area contributed by atoms with Gasteiger partial charge >= 0.3 is 6.18 Å². The summed E-state index contributed by atoms with van der Waals surface area (Å²) in [4.78, 5) is 27.7. The summed E-state index contributed by atoms with van der Waals surface area (Å²) in [6, 6.07) is 8.84. The van der Waals surface area contributed by atoms with Gasteiger partial charge in [-0.25, -0.2) is 15.0 Å². The summed E-state index contributed by atoms with van der Waals surface area (Å²) < 4.78 is 41.0. The molecule has 3 aromatic heterocycles. The molecule has 6 rings (SSSR count). The number of rotatable bonds is 5. The third kappa shape index (κ3) is 4.61. The number of anilines is 2. The third-order valence-corrected chi connectivity index (χ3v) is 7.95. The van der Waals surface area contributed by atoms with Crippen molar-refractivity contribution in [1.82, 2.24) is 24.3 Å². The van der Waals surface area contributed by atoms with Crippen molar-refractivity contribution in [2.75, 3.05) is 17.6 Å². The minimum atomic E-state index is -4.52. The standard InChI is InChI=1S/C28H28F3N7O2/c1-15-12-22(39)38-14-18(6-7-20(15)38)26-36-23(24-25(32)34-10-11-37(24)26)16-2-4-17(5-3-16)27(40)35-21-13-19(8-9-33-21)28(29,30)31/h2-5,8-11,13,15,18,20,27,40H,6-7,12,14H2,1H3,(H2,32,34)(H,33,35). The molecule has 0 saturated carbocycles. The highest BCUT2D eigenvalue weighted by Crippen LogP contribution is 2.40. The molecule has 4 aromatic rings. The van der Waals surface area contributed by atoms with E-state index in [2.05, 4.69) is 22.2 Å². The van der Waals surface area contributed by atoms with Crippen molar-refractivity contribution in [1.29, 1.82) is 0 Å². The van der Waals surface area contributed by atoms with E-state index in [1.807, 2.05) is 15.5 Å². The van der Waals surface area contributed by atoms with Gasteiger partial charge in [-0.15, -0.1) is 0 Å². The Balaban J connectivity index is 1.27. The van der Waals surface area contributed by atoms with Crippen LogP contribution in [0.2, 0.25) is 0 Å². The van der Waals surface area contributed by atoms with Crippen molar-refractivity contribution >= 4 is 23.1 Å². The Bertz CT molecular complexity index is 1570. The van der Waals surface area contributed by atoms with E-state index in [-0.39, 0.29) is 23.7 Å². The summed E-state index contributed by atoms with van der Waals surface area (Å²) in [6.45, 7) is 2.74. The highest BCUT2D eigenvalue weighted by molar-refractivity contribution is 5.85. The van der Waals surface area contributed by atoms with Gasteiger partial charge in [0.05, 0.1) is 5.56 Å². The first-order valence-corrected chi connectivity index (χ1v) is 13.1. The maximum atomic E-state index is 13.0. The number of carbonyl (C=O) groups excluding carboxylic acids is 1. The van der Waals surface area contributed by atoms with Crippen molar-refractivity contribution in [2.45, 2.75) is 50.6 Å². The number of amides is 1. The normalized spacial score (nSPS) is 22.0. The first kappa shape index (κ1) is 26.1. The SMILES string of the molecule is CC1CC(=O)N2CC(c3nc(-c4ccc(C(O)Nc5cc(C(F)(F)F)ccn5)cc4)c4c(N)nccn34)CCC12. The number of piperidine rings is 1. The fourth-order valence-corrected chi connectivity index (χ4v) is 5.92. The van der Waals surface area contributed by atoms with E-state index in [9.17, 15) is 23.1 Å². The number of nitrogen functional groups attached to an aromatic ring is 1. The third-order valence-electron chi connectivity index (χ3n) is 7.95. The number of nitrogens with zero attached hydrogens (tertiary/aromatic N) is 5. The number of halogens is 3. The molecule has 2 fully saturated rings. The van der Waals surface area contributed by atoms with Crippen LogP contribution in [-0.2, 0) is 11.0 Å². The fourth-order valence-electron chi connectivity index (χ4n) is 5.92. The fraction of sp³-hybridized carbons (Fsp3) is 0.357. The zero-order valence-corrected chi connectivity index (χ0v) is 21.6. The van der Waals surface area contributed by atoms with Crippen LogP contribution in [0.15, 0.2) is 55.0 Å². The van der Waals surface area contributed by atoms with Gasteiger partial charge in [0, 0.05) is 54.6 Å². The summed E-state index contributed by atoms with van der Waals surface area (Å²) in [6.07, 6.45) is 1.08. The average Bonchev–Trinajstić information content (AvgIpc) is 3.46. The maximum absolute atomic E-state index is 13.0. The summed E-state index contributed by atoms with van der Waals surface area (Å²) in [7, 11) is 0. The molecule has 1 aromatic carbocycles. The number of aliphatic hydroxyl groups excluding tert-OH is 1. The van der Waals surface area contributed by atoms with E-state index < -0.39 is 18.0 Å². The lowest BCUT2D eigenvalue weighted by Gasteiger charge is -2.36. The first-order chi connectivity index (χ1) is 19.1. The molecular weight excluding hydrogens is 523 g/mol. The molecule has 12 heteroatoms. The zero-order valence-electron chi connectivity index (χ0n) is 21.6. The molecule has 4 atom stereocenters. The summed E-state index contributed by atoms with van der Waals surface area (Å²) in [5.41, 5.74) is 7.87. The molecule has 0 aliphatic carbocycles. The summed E-state index contributed by atoms with van der Waals surface area (Å²) >= 11 is 0. The second-order valence-corrected chi connectivity index (χ2v) is 10.5. The van der Waals surface area contributed by atoms with Gasteiger partial charge in [-0.05, 0) is 30.9 Å². The van der Waals surface area contributed by atoms with Crippen molar-refractivity contribution in [3.8, 4) is 11.3 Å². The minimum Gasteiger partial charge on any atom is -0.382 e. The van der Waals surface area contributed by atoms with Crippen molar-refractivity contribution < 1.29 is 23.1 Å². The molecule has 2 saturated heterocycles. The molecule has 4 unspecified atom stereocenters. The number of aromatic nitrogens is 4. The van der Waals surface area contributed by atoms with Crippen LogP contribution >= 0.6 is 0 Å². The number of hydrogen-bond donors (Lipinski definition) is 3. The monoisotopic (exact) mass is 551 g/mol. The molecule has 0 bridgehead atoms. The molecule has 208 valence electrons. The van der Waals surface area contributed by atoms with Crippen LogP contribution in [0.3, 0.4) is 0 Å². The topological polar surface area (TPSA) is 122 Å². The Morgan fingerprint density at radius 3 is 2.65 bits per heavy atom. The van der Waals surface area contributed by atoms with Crippen LogP contribution < -0.4 is 11.1 Å². The molecule has 0 radical (unpaired) electrons. The molecule has 2 aliphatic heterocycles. The quantitative estimate of drug-likeness (QED) is 0.310. The Morgan fingerprint density at radius 2 is 1.90 bits per heavy atom. The van der Waals surface area contributed by atoms with E-state index in [4.69, 9.17) is 10.7 Å². The van der Waals surface area contributed by atoms with Crippen LogP contribution in [0.4, 0.5) is 24.8 Å². The largest absolute Gasteiger partial charge is 0.416 e. The van der Waals surface area contributed by atoms with Crippen LogP contribution in [0.25, 0.3) is 16.8 Å². The number of benzene rings is 1. The predicted molar refractivity (Wildman–Crippen MR) is 142 cm³/mol. The van der Waals surface area contributed by atoms with E-state index in [1.165, 1.54) is 0 Å². The van der Waals surface area contributed by atoms with Crippen molar-refractivity contribution in [3.63, 3.8) is 0 Å². The number of carbonyl (C=O) groups is 1. The molecule has 5 heterocycles. The zero-order chi connectivity index (χ0) is 28.2. The molecule has 40 heavy (non-hydrogen) atoms. The number of nitrogens with one attached hydrogen (secondary N) is 1. The Hall–Kier alpha value is -4.19. The van der Waals surface area contributed by atoms with Gasteiger partial charge in [0.15, 0.2) is 6.23 Å². The van der Waals surface area contributed by atoms with E-state index in [0.29, 0.717) is 41.5 Å². The van der Waals surface area contributed by atoms with Gasteiger partial charge in [-0.1, -0.05) is 31.2 Å². The van der Waals surface area contributed by atoms with E-state index in [1.54, 1.807) is 30.5 Å². The van der Waals surface area contributed by atoms with Crippen LogP contribution in [-0.4, -0.2) is 47.9 Å². The van der Waals surface area contributed by atoms with Gasteiger partial charge in [0.2, 0.25) is 5.91 Å². The lowest BCUT2D eigenvalue weighted by molar-refractivity contribution is -0.137. The molecule has 2 aliphatic rings. The van der Waals surface area contributed by atoms with Crippen LogP contribution in [0, 0.1) is 5.92 Å². The first-order valence-electron chi connectivity index (χ1n) is 13.1. The van der Waals surface area contributed by atoms with E-state index >= 15 is 0 Å². The number of alkyl halides is 3. The number of pyridine rings is 1. The van der Waals surface area contributed by atoms with Crippen LogP contribution in [0.1, 0.15) is 55.3 Å². The highest BCUT2D eigenvalue weighted by atomic mass is 19.4. The molecule has 9 nitrogen and oxygen atoms in total. The van der Waals surface area contributed by atoms with Gasteiger partial charge < -0.3 is 21.1 Å². The highest BCUT2D eigenvalue weighted by Gasteiger charge is 2.42. The van der Waals surface area contributed by atoms with Crippen molar-refractivity contribution in [3.05, 3.63) is 71.9 Å². The maximum Gasteiger partial charge on any atom is 0.416 e. The van der Waals surface area contributed by atoms with Gasteiger partial charge in [0.1, 0.15) is 28.7 Å². The molecular formula is C28H28F3N7O2. The predicted octanol–water partition coefficient (Wildman–Crippen LogP) is 4.61. The lowest BCUT2D eigenvalue weighted by Crippen LogP contribution is -2.42. The molecule has 1 amide bonds. The minimum absolute atomic E-state index is 0.0406. The van der Waals surface area contributed by atoms with Crippen LogP contribution in [0.5, 0.6) is 0 Å². The molecule has 4 N–H and O–H groups in total. The Kier molecular flexibility index (Phi) is 6.37. The van der Waals surface area contributed by atoms with Gasteiger partial charge in [-0.2, -0.15) is 13.2 Å². The van der Waals surface area contributed by atoms with Crippen molar-refractivity contribution in [2.24, 2.45) is 5.92 Å². The Labute approximate surface area is 227 Å². The van der Waals surface area contributed by atoms with E-state index in [0.717, 1.165) is 42.6 Å². The second kappa shape index (κ2) is 9.77. The number of fused-ring (bicyclic) bond motifs is 2. The second-order valence-electron chi connectivity index (χ2n) is 10.5. The molecule has 0 spiro atoms. The van der Waals surface area contributed by atoms with Gasteiger partial charge in [0.25, 0.3) is 0 Å². The summed E-state index contributed by atoms with van der Waals surface area (Å²) in [5.74, 6) is 1.61. The number of aliphatic hydroxyl groups is 1. The lowest BCUT2D eigenvalue weighted by atomic mass is 9.89. The Morgan fingerprint density at radius 1 is 1.12 bits per heavy atom. The smallest absolute Gasteiger partial charge is 0.382 e. The summed E-state index contributed by atoms with van der Waals surface area (Å²) in [5, 5.41) is 13.2. The average molecular weight is 552 g/mol. The number of hydrogen-bond acceptors (Lipinski definition) is 7. The number of nitrogens with two attached hydrogens (primary N) is 1.